The van der Waals surface area contributed by atoms with E-state index in [0.29, 0.717) is 0 Å². The maximum Gasteiger partial charge on any atom is 0.500 e. The number of hydrogen-bond donors (Lipinski definition) is 0. The van der Waals surface area contributed by atoms with Crippen molar-refractivity contribution in [2.24, 2.45) is 0 Å². The fourth-order valence-electron chi connectivity index (χ4n) is 0.209. The second-order valence-corrected chi connectivity index (χ2v) is 2.35. The highest BCUT2D eigenvalue weighted by Crippen LogP contribution is 2.39. The summed E-state index contributed by atoms with van der Waals surface area (Å²) < 4.78 is 81.0. The SMILES string of the molecule is FC(Br)=C(F)OC(F)(F)C(F)(F)F. The molecule has 0 radical (unpaired) electrons. The van der Waals surface area contributed by atoms with E-state index in [2.05, 4.69) is 4.74 Å². The van der Waals surface area contributed by atoms with E-state index in [1.165, 1.54) is 0 Å². The number of rotatable bonds is 2. The van der Waals surface area contributed by atoms with Gasteiger partial charge in [-0.2, -0.15) is 30.7 Å². The first-order chi connectivity index (χ1) is 5.58. The number of ether oxygens (including phenoxy) is 1. The van der Waals surface area contributed by atoms with Crippen molar-refractivity contribution in [2.45, 2.75) is 12.3 Å². The van der Waals surface area contributed by atoms with Crippen molar-refractivity contribution in [1.29, 1.82) is 0 Å². The second kappa shape index (κ2) is 3.72. The summed E-state index contributed by atoms with van der Waals surface area (Å²) in [7, 11) is 0. The zero-order valence-electron chi connectivity index (χ0n) is 5.43. The molecule has 0 heterocycles. The Labute approximate surface area is 75.3 Å². The van der Waals surface area contributed by atoms with E-state index in [1.54, 1.807) is 15.9 Å². The molecule has 0 unspecified atom stereocenters. The normalized spacial score (nSPS) is 15.4. The van der Waals surface area contributed by atoms with Crippen molar-refractivity contribution in [1.82, 2.24) is 0 Å². The van der Waals surface area contributed by atoms with Crippen LogP contribution in [0, 0.1) is 0 Å². The molecule has 0 bridgehead atoms. The summed E-state index contributed by atoms with van der Waals surface area (Å²) in [5.74, 6) is 0. The van der Waals surface area contributed by atoms with E-state index in [1.807, 2.05) is 0 Å². The third kappa shape index (κ3) is 3.41. The van der Waals surface area contributed by atoms with E-state index >= 15 is 0 Å². The first-order valence-electron chi connectivity index (χ1n) is 2.42. The zero-order valence-corrected chi connectivity index (χ0v) is 7.02. The van der Waals surface area contributed by atoms with Crippen LogP contribution in [0.3, 0.4) is 0 Å². The van der Waals surface area contributed by atoms with Crippen LogP contribution in [0.5, 0.6) is 0 Å². The number of alkyl halides is 5. The lowest BCUT2D eigenvalue weighted by molar-refractivity contribution is -0.384. The summed E-state index contributed by atoms with van der Waals surface area (Å²) in [5.41, 5.74) is 0. The lowest BCUT2D eigenvalue weighted by atomic mass is 10.6. The molecule has 0 aliphatic heterocycles. The molecule has 0 aliphatic rings. The molecule has 0 aromatic rings. The summed E-state index contributed by atoms with van der Waals surface area (Å²) in [6.45, 7) is 0. The summed E-state index contributed by atoms with van der Waals surface area (Å²) in [6, 6.07) is -2.68. The second-order valence-electron chi connectivity index (χ2n) is 1.65. The molecule has 0 saturated heterocycles. The van der Waals surface area contributed by atoms with Crippen LogP contribution in [-0.4, -0.2) is 12.3 Å². The van der Waals surface area contributed by atoms with Gasteiger partial charge in [0.05, 0.1) is 0 Å². The van der Waals surface area contributed by atoms with Gasteiger partial charge in [0.2, 0.25) is 4.74 Å². The fourth-order valence-corrected chi connectivity index (χ4v) is 0.290. The molecule has 0 atom stereocenters. The highest BCUT2D eigenvalue weighted by atomic mass is 79.9. The van der Waals surface area contributed by atoms with E-state index in [0.717, 1.165) is 0 Å². The van der Waals surface area contributed by atoms with Gasteiger partial charge >= 0.3 is 18.3 Å². The van der Waals surface area contributed by atoms with Crippen LogP contribution in [-0.2, 0) is 4.74 Å². The summed E-state index contributed by atoms with van der Waals surface area (Å²) in [5, 5.41) is 0. The van der Waals surface area contributed by atoms with Crippen molar-refractivity contribution in [3.05, 3.63) is 10.7 Å². The quantitative estimate of drug-likeness (QED) is 0.553. The van der Waals surface area contributed by atoms with Crippen LogP contribution in [0.15, 0.2) is 10.7 Å². The average Bonchev–Trinajstić information content (AvgIpc) is 1.83. The molecular weight excluding hydrogens is 277 g/mol. The number of hydrogen-bond acceptors (Lipinski definition) is 1. The molecular formula is C4BrF7O. The minimum atomic E-state index is -6.10. The summed E-state index contributed by atoms with van der Waals surface area (Å²) in [4.78, 5) is 0. The fraction of sp³-hybridized carbons (Fsp3) is 0.500. The van der Waals surface area contributed by atoms with Crippen molar-refractivity contribution in [3.63, 3.8) is 0 Å². The smallest absolute Gasteiger partial charge is 0.397 e. The lowest BCUT2D eigenvalue weighted by Crippen LogP contribution is -2.38. The Morgan fingerprint density at radius 1 is 1.00 bits per heavy atom. The molecule has 13 heavy (non-hydrogen) atoms. The van der Waals surface area contributed by atoms with Gasteiger partial charge in [0, 0.05) is 0 Å². The molecule has 0 amide bonds. The van der Waals surface area contributed by atoms with Crippen molar-refractivity contribution < 1.29 is 35.5 Å². The van der Waals surface area contributed by atoms with E-state index in [9.17, 15) is 30.7 Å². The van der Waals surface area contributed by atoms with Crippen LogP contribution in [0.25, 0.3) is 0 Å². The molecule has 0 N–H and O–H groups in total. The Morgan fingerprint density at radius 3 is 1.62 bits per heavy atom. The van der Waals surface area contributed by atoms with Crippen molar-refractivity contribution in [2.75, 3.05) is 0 Å². The standard InChI is InChI=1S/C4BrF7O/c5-1(6)2(7)13-4(11,12)3(8,9)10. The average molecular weight is 277 g/mol. The van der Waals surface area contributed by atoms with Gasteiger partial charge in [0.1, 0.15) is 0 Å². The molecule has 0 aromatic heterocycles. The Kier molecular flexibility index (Phi) is 3.59. The first kappa shape index (κ1) is 12.5. The molecule has 0 rings (SSSR count). The molecule has 0 saturated carbocycles. The summed E-state index contributed by atoms with van der Waals surface area (Å²) >= 11 is 1.67. The highest BCUT2D eigenvalue weighted by Gasteiger charge is 2.61. The van der Waals surface area contributed by atoms with Gasteiger partial charge < -0.3 is 4.74 Å². The maximum atomic E-state index is 11.8. The molecule has 0 fully saturated rings. The van der Waals surface area contributed by atoms with E-state index < -0.39 is 23.0 Å². The van der Waals surface area contributed by atoms with Gasteiger partial charge in [0.15, 0.2) is 0 Å². The van der Waals surface area contributed by atoms with Crippen LogP contribution in [0.1, 0.15) is 0 Å². The Balaban J connectivity index is 4.63. The van der Waals surface area contributed by atoms with Crippen LogP contribution >= 0.6 is 15.9 Å². The summed E-state index contributed by atoms with van der Waals surface area (Å²) in [6.07, 6.45) is -11.9. The molecule has 1 nitrogen and oxygen atoms in total. The van der Waals surface area contributed by atoms with E-state index in [-0.39, 0.29) is 0 Å². The molecule has 0 aliphatic carbocycles. The predicted octanol–water partition coefficient (Wildman–Crippen LogP) is 3.62. The number of halogens is 8. The largest absolute Gasteiger partial charge is 0.500 e. The molecule has 0 aromatic carbocycles. The topological polar surface area (TPSA) is 9.23 Å². The maximum absolute atomic E-state index is 11.8. The Morgan fingerprint density at radius 2 is 1.38 bits per heavy atom. The van der Waals surface area contributed by atoms with Gasteiger partial charge in [-0.15, -0.1) is 0 Å². The minimum absolute atomic E-state index is 1.67. The molecule has 9 heteroatoms. The van der Waals surface area contributed by atoms with Gasteiger partial charge in [-0.1, -0.05) is 0 Å². The highest BCUT2D eigenvalue weighted by molar-refractivity contribution is 9.11. The Hall–Kier alpha value is -0.470. The third-order valence-corrected chi connectivity index (χ3v) is 1.01. The van der Waals surface area contributed by atoms with Gasteiger partial charge in [0.25, 0.3) is 0 Å². The molecule has 0 spiro atoms. The third-order valence-electron chi connectivity index (χ3n) is 0.696. The van der Waals surface area contributed by atoms with Crippen LogP contribution in [0.4, 0.5) is 30.7 Å². The van der Waals surface area contributed by atoms with Gasteiger partial charge in [-0.3, -0.25) is 0 Å². The van der Waals surface area contributed by atoms with E-state index in [4.69, 9.17) is 0 Å². The van der Waals surface area contributed by atoms with Gasteiger partial charge in [-0.05, 0) is 15.9 Å². The minimum Gasteiger partial charge on any atom is -0.397 e. The van der Waals surface area contributed by atoms with Crippen molar-refractivity contribution >= 4 is 15.9 Å². The van der Waals surface area contributed by atoms with Crippen molar-refractivity contribution in [3.8, 4) is 0 Å². The van der Waals surface area contributed by atoms with Gasteiger partial charge in [-0.25, -0.2) is 0 Å². The first-order valence-corrected chi connectivity index (χ1v) is 3.21. The predicted molar refractivity (Wildman–Crippen MR) is 30.3 cm³/mol. The van der Waals surface area contributed by atoms with Crippen LogP contribution in [0.2, 0.25) is 0 Å². The lowest BCUT2D eigenvalue weighted by Gasteiger charge is -2.18. The van der Waals surface area contributed by atoms with Crippen LogP contribution < -0.4 is 0 Å². The Bertz CT molecular complexity index is 215. The zero-order chi connectivity index (χ0) is 10.9. The molecule has 78 valence electrons. The monoisotopic (exact) mass is 276 g/mol.